The van der Waals surface area contributed by atoms with Gasteiger partial charge in [0.15, 0.2) is 0 Å². The zero-order chi connectivity index (χ0) is 8.77. The summed E-state index contributed by atoms with van der Waals surface area (Å²) >= 11 is 0. The van der Waals surface area contributed by atoms with Gasteiger partial charge >= 0.3 is 5.97 Å². The lowest BCUT2D eigenvalue weighted by Gasteiger charge is -2.07. The number of methoxy groups -OCH3 is 1. The van der Waals surface area contributed by atoms with Gasteiger partial charge in [-0.2, -0.15) is 0 Å². The molecule has 0 bridgehead atoms. The number of rotatable bonds is 2. The van der Waals surface area contributed by atoms with E-state index in [0.717, 1.165) is 19.0 Å². The molecule has 1 aliphatic heterocycles. The molecule has 1 heterocycles. The fourth-order valence-electron chi connectivity index (χ4n) is 2.54. The van der Waals surface area contributed by atoms with E-state index in [1.807, 2.05) is 0 Å². The first kappa shape index (κ1) is 8.05. The van der Waals surface area contributed by atoms with Crippen LogP contribution in [-0.2, 0) is 9.53 Å². The molecule has 1 N–H and O–H groups in total. The van der Waals surface area contributed by atoms with Crippen LogP contribution >= 0.6 is 0 Å². The van der Waals surface area contributed by atoms with Crippen molar-refractivity contribution < 1.29 is 9.53 Å². The topological polar surface area (TPSA) is 38.3 Å². The number of carbonyl (C=O) groups is 1. The lowest BCUT2D eigenvalue weighted by Crippen LogP contribution is -2.20. The summed E-state index contributed by atoms with van der Waals surface area (Å²) in [7, 11) is 1.46. The zero-order valence-electron chi connectivity index (χ0n) is 7.59. The summed E-state index contributed by atoms with van der Waals surface area (Å²) in [6.07, 6.45) is 0.610. The molecule has 1 saturated heterocycles. The SMILES string of the molecule is COC(=O)CC1C2CNCC21C. The van der Waals surface area contributed by atoms with E-state index in [9.17, 15) is 4.79 Å². The molecule has 0 aromatic carbocycles. The summed E-state index contributed by atoms with van der Waals surface area (Å²) < 4.78 is 4.65. The summed E-state index contributed by atoms with van der Waals surface area (Å²) in [5.74, 6) is 1.23. The molecule has 12 heavy (non-hydrogen) atoms. The molecule has 0 aromatic rings. The van der Waals surface area contributed by atoms with E-state index < -0.39 is 0 Å². The molecule has 2 aliphatic rings. The van der Waals surface area contributed by atoms with E-state index in [4.69, 9.17) is 0 Å². The second-order valence-corrected chi connectivity index (χ2v) is 4.13. The largest absolute Gasteiger partial charge is 0.469 e. The van der Waals surface area contributed by atoms with Gasteiger partial charge in [0, 0.05) is 13.0 Å². The number of esters is 1. The van der Waals surface area contributed by atoms with Crippen molar-refractivity contribution in [2.75, 3.05) is 20.2 Å². The van der Waals surface area contributed by atoms with Crippen LogP contribution in [0, 0.1) is 17.3 Å². The van der Waals surface area contributed by atoms with Crippen LogP contribution in [0.2, 0.25) is 0 Å². The van der Waals surface area contributed by atoms with Crippen molar-refractivity contribution in [3.05, 3.63) is 0 Å². The highest BCUT2D eigenvalue weighted by molar-refractivity contribution is 5.70. The Morgan fingerprint density at radius 1 is 1.75 bits per heavy atom. The number of hydrogen-bond acceptors (Lipinski definition) is 3. The predicted octanol–water partition coefficient (Wildman–Crippen LogP) is 0.405. The number of carbonyl (C=O) groups excluding carboxylic acids is 1. The fraction of sp³-hybridized carbons (Fsp3) is 0.889. The molecule has 1 aliphatic carbocycles. The minimum atomic E-state index is -0.0596. The van der Waals surface area contributed by atoms with Crippen molar-refractivity contribution in [2.24, 2.45) is 17.3 Å². The summed E-state index contributed by atoms with van der Waals surface area (Å²) in [5, 5.41) is 3.33. The summed E-state index contributed by atoms with van der Waals surface area (Å²) in [5.41, 5.74) is 0.397. The second kappa shape index (κ2) is 2.46. The first-order valence-corrected chi connectivity index (χ1v) is 4.46. The van der Waals surface area contributed by atoms with Gasteiger partial charge in [0.2, 0.25) is 0 Å². The third-order valence-electron chi connectivity index (χ3n) is 3.56. The molecule has 1 saturated carbocycles. The molecule has 2 fully saturated rings. The van der Waals surface area contributed by atoms with Crippen molar-refractivity contribution in [3.63, 3.8) is 0 Å². The Bertz CT molecular complexity index is 217. The van der Waals surface area contributed by atoms with Gasteiger partial charge in [-0.05, 0) is 23.8 Å². The quantitative estimate of drug-likeness (QED) is 0.608. The van der Waals surface area contributed by atoms with Gasteiger partial charge < -0.3 is 10.1 Å². The number of ether oxygens (including phenoxy) is 1. The third-order valence-corrected chi connectivity index (χ3v) is 3.56. The molecule has 3 atom stereocenters. The third kappa shape index (κ3) is 0.959. The molecule has 2 rings (SSSR count). The van der Waals surface area contributed by atoms with E-state index in [1.54, 1.807) is 0 Å². The zero-order valence-corrected chi connectivity index (χ0v) is 7.59. The maximum atomic E-state index is 11.0. The van der Waals surface area contributed by atoms with Gasteiger partial charge in [0.1, 0.15) is 0 Å². The van der Waals surface area contributed by atoms with Crippen LogP contribution in [0.5, 0.6) is 0 Å². The smallest absolute Gasteiger partial charge is 0.305 e. The molecular weight excluding hydrogens is 154 g/mol. The van der Waals surface area contributed by atoms with Crippen molar-refractivity contribution >= 4 is 5.97 Å². The Morgan fingerprint density at radius 3 is 3.00 bits per heavy atom. The maximum Gasteiger partial charge on any atom is 0.305 e. The number of piperidine rings is 1. The first-order chi connectivity index (χ1) is 5.68. The molecule has 0 radical (unpaired) electrons. The number of hydrogen-bond donors (Lipinski definition) is 1. The Balaban J connectivity index is 1.90. The van der Waals surface area contributed by atoms with Crippen molar-refractivity contribution in [2.45, 2.75) is 13.3 Å². The first-order valence-electron chi connectivity index (χ1n) is 4.46. The number of fused-ring (bicyclic) bond motifs is 1. The van der Waals surface area contributed by atoms with E-state index in [1.165, 1.54) is 7.11 Å². The summed E-state index contributed by atoms with van der Waals surface area (Å²) in [6, 6.07) is 0. The van der Waals surface area contributed by atoms with Crippen molar-refractivity contribution in [1.29, 1.82) is 0 Å². The van der Waals surface area contributed by atoms with Crippen LogP contribution in [0.25, 0.3) is 0 Å². The Hall–Kier alpha value is -0.570. The van der Waals surface area contributed by atoms with Crippen LogP contribution in [0.1, 0.15) is 13.3 Å². The van der Waals surface area contributed by atoms with Crippen LogP contribution in [0.15, 0.2) is 0 Å². The average Bonchev–Trinajstić information content (AvgIpc) is 2.46. The number of nitrogens with one attached hydrogen (secondary N) is 1. The molecule has 3 nitrogen and oxygen atoms in total. The minimum absolute atomic E-state index is 0.0596. The standard InChI is InChI=1S/C9H15NO2/c1-9-5-10-4-7(9)6(9)3-8(11)12-2/h6-7,10H,3-5H2,1-2H3. The van der Waals surface area contributed by atoms with Crippen molar-refractivity contribution in [3.8, 4) is 0 Å². The summed E-state index contributed by atoms with van der Waals surface area (Å²) in [6.45, 7) is 4.41. The maximum absolute atomic E-state index is 11.0. The molecule has 3 unspecified atom stereocenters. The van der Waals surface area contributed by atoms with Crippen molar-refractivity contribution in [1.82, 2.24) is 5.32 Å². The normalized spacial score (nSPS) is 43.8. The van der Waals surface area contributed by atoms with Gasteiger partial charge in [0.05, 0.1) is 7.11 Å². The Morgan fingerprint density at radius 2 is 2.50 bits per heavy atom. The van der Waals surface area contributed by atoms with Gasteiger partial charge in [-0.15, -0.1) is 0 Å². The second-order valence-electron chi connectivity index (χ2n) is 4.13. The van der Waals surface area contributed by atoms with Crippen LogP contribution in [0.4, 0.5) is 0 Å². The van der Waals surface area contributed by atoms with E-state index in [2.05, 4.69) is 17.0 Å². The minimum Gasteiger partial charge on any atom is -0.469 e. The highest BCUT2D eigenvalue weighted by Crippen LogP contribution is 2.62. The van der Waals surface area contributed by atoms with Gasteiger partial charge in [-0.25, -0.2) is 0 Å². The lowest BCUT2D eigenvalue weighted by molar-refractivity contribution is -0.141. The van der Waals surface area contributed by atoms with E-state index in [0.29, 0.717) is 17.8 Å². The van der Waals surface area contributed by atoms with Crippen LogP contribution < -0.4 is 5.32 Å². The van der Waals surface area contributed by atoms with Gasteiger partial charge in [0.25, 0.3) is 0 Å². The molecular formula is C9H15NO2. The van der Waals surface area contributed by atoms with Crippen LogP contribution in [-0.4, -0.2) is 26.2 Å². The lowest BCUT2D eigenvalue weighted by atomic mass is 10.1. The molecule has 68 valence electrons. The van der Waals surface area contributed by atoms with Gasteiger partial charge in [-0.3, -0.25) is 4.79 Å². The fourth-order valence-corrected chi connectivity index (χ4v) is 2.54. The predicted molar refractivity (Wildman–Crippen MR) is 44.6 cm³/mol. The highest BCUT2D eigenvalue weighted by atomic mass is 16.5. The highest BCUT2D eigenvalue weighted by Gasteiger charge is 2.63. The summed E-state index contributed by atoms with van der Waals surface area (Å²) in [4.78, 5) is 11.0. The van der Waals surface area contributed by atoms with Crippen LogP contribution in [0.3, 0.4) is 0 Å². The van der Waals surface area contributed by atoms with Gasteiger partial charge in [-0.1, -0.05) is 6.92 Å². The molecule has 0 aromatic heterocycles. The molecule has 3 heteroatoms. The average molecular weight is 169 g/mol. The Kier molecular flexibility index (Phi) is 1.65. The van der Waals surface area contributed by atoms with E-state index in [-0.39, 0.29) is 5.97 Å². The monoisotopic (exact) mass is 169 g/mol. The molecule has 0 amide bonds. The molecule has 0 spiro atoms. The van der Waals surface area contributed by atoms with E-state index >= 15 is 0 Å². The Labute approximate surface area is 72.5 Å².